The summed E-state index contributed by atoms with van der Waals surface area (Å²) in [5.74, 6) is -0.166. The summed E-state index contributed by atoms with van der Waals surface area (Å²) in [5.41, 5.74) is 0.315. The number of halogens is 3. The van der Waals surface area contributed by atoms with Crippen molar-refractivity contribution in [1.29, 1.82) is 0 Å². The van der Waals surface area contributed by atoms with Gasteiger partial charge in [0.1, 0.15) is 0 Å². The lowest BCUT2D eigenvalue weighted by atomic mass is 9.98. The molecule has 1 fully saturated rings. The van der Waals surface area contributed by atoms with Crippen LogP contribution < -0.4 is 10.6 Å². The second kappa shape index (κ2) is 8.34. The summed E-state index contributed by atoms with van der Waals surface area (Å²) in [5, 5.41) is 6.82. The minimum absolute atomic E-state index is 0. The number of hydrogen-bond acceptors (Lipinski definition) is 3. The minimum Gasteiger partial charge on any atom is -0.383 e. The van der Waals surface area contributed by atoms with Gasteiger partial charge in [-0.3, -0.25) is 4.79 Å². The van der Waals surface area contributed by atoms with Crippen molar-refractivity contribution < 1.29 is 9.53 Å². The lowest BCUT2D eigenvalue weighted by Gasteiger charge is -2.29. The van der Waals surface area contributed by atoms with Crippen molar-refractivity contribution in [1.82, 2.24) is 10.6 Å². The molecule has 2 N–H and O–H groups in total. The molecule has 1 heterocycles. The fourth-order valence-corrected chi connectivity index (χ4v) is 3.05. The van der Waals surface area contributed by atoms with Gasteiger partial charge in [0.2, 0.25) is 0 Å². The van der Waals surface area contributed by atoms with E-state index in [1.54, 1.807) is 19.2 Å². The molecule has 0 bridgehead atoms. The number of nitrogens with one attached hydrogen (secondary N) is 2. The van der Waals surface area contributed by atoms with Gasteiger partial charge in [-0.25, -0.2) is 0 Å². The van der Waals surface area contributed by atoms with Gasteiger partial charge >= 0.3 is 0 Å². The van der Waals surface area contributed by atoms with Gasteiger partial charge in [0.05, 0.1) is 22.7 Å². The van der Waals surface area contributed by atoms with E-state index in [0.717, 1.165) is 23.9 Å². The zero-order valence-electron chi connectivity index (χ0n) is 11.7. The maximum Gasteiger partial charge on any atom is 0.252 e. The van der Waals surface area contributed by atoms with Crippen molar-refractivity contribution >= 4 is 45.8 Å². The van der Waals surface area contributed by atoms with Crippen LogP contribution in [0.5, 0.6) is 0 Å². The van der Waals surface area contributed by atoms with Crippen LogP contribution in [0.2, 0.25) is 5.02 Å². The van der Waals surface area contributed by atoms with Crippen LogP contribution in [0.15, 0.2) is 22.7 Å². The monoisotopic (exact) mass is 396 g/mol. The molecule has 0 spiro atoms. The summed E-state index contributed by atoms with van der Waals surface area (Å²) in [6, 6.07) is 5.24. The Balaban J connectivity index is 0.00000220. The first kappa shape index (κ1) is 18.7. The Morgan fingerprint density at radius 3 is 2.95 bits per heavy atom. The van der Waals surface area contributed by atoms with Gasteiger partial charge in [0, 0.05) is 18.1 Å². The smallest absolute Gasteiger partial charge is 0.252 e. The number of rotatable bonds is 5. The highest BCUT2D eigenvalue weighted by Crippen LogP contribution is 2.22. The molecular formula is C14H19BrCl2N2O2. The molecule has 118 valence electrons. The van der Waals surface area contributed by atoms with E-state index in [-0.39, 0.29) is 23.9 Å². The van der Waals surface area contributed by atoms with Crippen molar-refractivity contribution in [3.8, 4) is 0 Å². The third-order valence-corrected chi connectivity index (χ3v) is 4.34. The first-order valence-electron chi connectivity index (χ1n) is 6.53. The number of hydrogen-bond donors (Lipinski definition) is 2. The number of ether oxygens (including phenoxy) is 1. The lowest BCUT2D eigenvalue weighted by molar-refractivity contribution is 0.0892. The molecule has 1 atom stereocenters. The van der Waals surface area contributed by atoms with Gasteiger partial charge in [0.15, 0.2) is 0 Å². The molecule has 1 aromatic rings. The standard InChI is InChI=1S/C14H18BrClN2O2.ClH/c1-20-9-14(5-2-6-18-14)8-17-13(19)11-7-10(15)3-4-12(11)16;/h3-4,7,18H,2,5-6,8-9H2,1H3,(H,17,19);1H. The maximum absolute atomic E-state index is 12.2. The van der Waals surface area contributed by atoms with Gasteiger partial charge in [-0.05, 0) is 37.6 Å². The highest BCUT2D eigenvalue weighted by molar-refractivity contribution is 9.10. The van der Waals surface area contributed by atoms with Crippen LogP contribution in [-0.4, -0.2) is 38.3 Å². The third kappa shape index (κ3) is 4.83. The van der Waals surface area contributed by atoms with E-state index in [1.165, 1.54) is 0 Å². The van der Waals surface area contributed by atoms with E-state index in [1.807, 2.05) is 6.07 Å². The van der Waals surface area contributed by atoms with Crippen LogP contribution in [0.25, 0.3) is 0 Å². The summed E-state index contributed by atoms with van der Waals surface area (Å²) >= 11 is 9.41. The molecule has 1 saturated heterocycles. The molecule has 7 heteroatoms. The molecule has 1 aromatic carbocycles. The highest BCUT2D eigenvalue weighted by atomic mass is 79.9. The number of carbonyl (C=O) groups excluding carboxylic acids is 1. The number of methoxy groups -OCH3 is 1. The van der Waals surface area contributed by atoms with Crippen LogP contribution in [0.3, 0.4) is 0 Å². The maximum atomic E-state index is 12.2. The van der Waals surface area contributed by atoms with E-state index in [0.29, 0.717) is 23.7 Å². The average molecular weight is 398 g/mol. The third-order valence-electron chi connectivity index (χ3n) is 3.51. The molecule has 0 saturated carbocycles. The first-order chi connectivity index (χ1) is 9.56. The fourth-order valence-electron chi connectivity index (χ4n) is 2.49. The number of benzene rings is 1. The molecule has 1 aliphatic heterocycles. The Kier molecular flexibility index (Phi) is 7.44. The second-order valence-electron chi connectivity index (χ2n) is 5.05. The van der Waals surface area contributed by atoms with E-state index in [9.17, 15) is 4.79 Å². The van der Waals surface area contributed by atoms with Crippen molar-refractivity contribution in [2.45, 2.75) is 18.4 Å². The topological polar surface area (TPSA) is 50.4 Å². The SMILES string of the molecule is COCC1(CNC(=O)c2cc(Br)ccc2Cl)CCCN1.Cl. The van der Waals surface area contributed by atoms with Gasteiger partial charge in [0.25, 0.3) is 5.91 Å². The van der Waals surface area contributed by atoms with Crippen molar-refractivity contribution in [3.63, 3.8) is 0 Å². The quantitative estimate of drug-likeness (QED) is 0.802. The van der Waals surface area contributed by atoms with Crippen molar-refractivity contribution in [2.24, 2.45) is 0 Å². The summed E-state index contributed by atoms with van der Waals surface area (Å²) in [7, 11) is 1.68. The Bertz CT molecular complexity index is 494. The predicted molar refractivity (Wildman–Crippen MR) is 90.6 cm³/mol. The van der Waals surface area contributed by atoms with Gasteiger partial charge in [-0.15, -0.1) is 12.4 Å². The molecule has 1 amide bonds. The van der Waals surface area contributed by atoms with Crippen molar-refractivity contribution in [3.05, 3.63) is 33.3 Å². The zero-order valence-corrected chi connectivity index (χ0v) is 14.9. The molecule has 1 unspecified atom stereocenters. The molecule has 0 radical (unpaired) electrons. The zero-order chi connectivity index (χ0) is 14.6. The van der Waals surface area contributed by atoms with E-state index in [2.05, 4.69) is 26.6 Å². The molecule has 0 aliphatic carbocycles. The van der Waals surface area contributed by atoms with Crippen molar-refractivity contribution in [2.75, 3.05) is 26.8 Å². The van der Waals surface area contributed by atoms with Crippen LogP contribution in [-0.2, 0) is 4.74 Å². The molecular weight excluding hydrogens is 379 g/mol. The summed E-state index contributed by atoms with van der Waals surface area (Å²) in [6.45, 7) is 2.07. The van der Waals surface area contributed by atoms with E-state index >= 15 is 0 Å². The summed E-state index contributed by atoms with van der Waals surface area (Å²) < 4.78 is 6.09. The molecule has 2 rings (SSSR count). The van der Waals surface area contributed by atoms with Crippen LogP contribution in [0.4, 0.5) is 0 Å². The summed E-state index contributed by atoms with van der Waals surface area (Å²) in [4.78, 5) is 12.2. The van der Waals surface area contributed by atoms with E-state index in [4.69, 9.17) is 16.3 Å². The molecule has 21 heavy (non-hydrogen) atoms. The normalized spacial score (nSPS) is 20.9. The summed E-state index contributed by atoms with van der Waals surface area (Å²) in [6.07, 6.45) is 2.09. The Morgan fingerprint density at radius 1 is 1.57 bits per heavy atom. The Hall–Kier alpha value is -0.330. The fraction of sp³-hybridized carbons (Fsp3) is 0.500. The predicted octanol–water partition coefficient (Wildman–Crippen LogP) is 3.02. The largest absolute Gasteiger partial charge is 0.383 e. The van der Waals surface area contributed by atoms with E-state index < -0.39 is 0 Å². The first-order valence-corrected chi connectivity index (χ1v) is 7.71. The second-order valence-corrected chi connectivity index (χ2v) is 6.37. The molecule has 0 aromatic heterocycles. The van der Waals surface area contributed by atoms with Crippen LogP contribution >= 0.6 is 39.9 Å². The number of carbonyl (C=O) groups is 1. The Morgan fingerprint density at radius 2 is 2.33 bits per heavy atom. The van der Waals surface area contributed by atoms with Gasteiger partial charge in [-0.1, -0.05) is 27.5 Å². The average Bonchev–Trinajstić information content (AvgIpc) is 2.88. The van der Waals surface area contributed by atoms with Gasteiger partial charge in [-0.2, -0.15) is 0 Å². The lowest BCUT2D eigenvalue weighted by Crippen LogP contribution is -2.53. The minimum atomic E-state index is -0.166. The highest BCUT2D eigenvalue weighted by Gasteiger charge is 2.33. The van der Waals surface area contributed by atoms with Gasteiger partial charge < -0.3 is 15.4 Å². The van der Waals surface area contributed by atoms with Crippen LogP contribution in [0, 0.1) is 0 Å². The number of amides is 1. The molecule has 4 nitrogen and oxygen atoms in total. The Labute approximate surface area is 144 Å². The van der Waals surface area contributed by atoms with Crippen LogP contribution in [0.1, 0.15) is 23.2 Å². The molecule has 1 aliphatic rings.